The molecule has 2 aromatic carbocycles. The summed E-state index contributed by atoms with van der Waals surface area (Å²) in [6.45, 7) is 0. The maximum atomic E-state index is 11.7. The molecule has 30 heavy (non-hydrogen) atoms. The standard InChI is InChI=1S/C21H20N4O3S2/c1-29-17-8-2-14(3-9-17)12-22-25-21-24-18(13-30-21)15-4-6-16(7-5-15)23-19(26)10-11-20(27)28/h2-9,12-13H,10-11H2,1H3,(H,23,26)(H,24,25)(H,27,28)/b22-12-. The van der Waals surface area contributed by atoms with E-state index < -0.39 is 5.97 Å². The zero-order valence-electron chi connectivity index (χ0n) is 16.2. The number of aromatic nitrogens is 1. The molecule has 0 fully saturated rings. The molecule has 1 aromatic heterocycles. The third-order valence-corrected chi connectivity index (χ3v) is 5.51. The molecule has 0 aliphatic rings. The first-order valence-corrected chi connectivity index (χ1v) is 11.1. The number of benzene rings is 2. The topological polar surface area (TPSA) is 104 Å². The molecule has 3 N–H and O–H groups in total. The van der Waals surface area contributed by atoms with Gasteiger partial charge in [0.15, 0.2) is 0 Å². The molecular weight excluding hydrogens is 420 g/mol. The van der Waals surface area contributed by atoms with Gasteiger partial charge in [-0.25, -0.2) is 4.98 Å². The number of thiazole rings is 1. The first-order chi connectivity index (χ1) is 14.5. The van der Waals surface area contributed by atoms with Crippen molar-refractivity contribution >= 4 is 52.0 Å². The van der Waals surface area contributed by atoms with Gasteiger partial charge < -0.3 is 10.4 Å². The fourth-order valence-electron chi connectivity index (χ4n) is 2.48. The third kappa shape index (κ3) is 6.43. The van der Waals surface area contributed by atoms with Crippen LogP contribution in [0, 0.1) is 0 Å². The monoisotopic (exact) mass is 440 g/mol. The van der Waals surface area contributed by atoms with Gasteiger partial charge in [-0.15, -0.1) is 23.1 Å². The molecular formula is C21H20N4O3S2. The Morgan fingerprint density at radius 2 is 1.87 bits per heavy atom. The molecule has 1 heterocycles. The number of aliphatic carboxylic acids is 1. The summed E-state index contributed by atoms with van der Waals surface area (Å²) in [5.74, 6) is -1.32. The van der Waals surface area contributed by atoms with Crippen LogP contribution < -0.4 is 10.7 Å². The van der Waals surface area contributed by atoms with Crippen LogP contribution in [0.5, 0.6) is 0 Å². The van der Waals surface area contributed by atoms with Gasteiger partial charge in [-0.2, -0.15) is 5.10 Å². The van der Waals surface area contributed by atoms with Crippen LogP contribution in [0.1, 0.15) is 18.4 Å². The Morgan fingerprint density at radius 1 is 1.13 bits per heavy atom. The van der Waals surface area contributed by atoms with Gasteiger partial charge in [0.1, 0.15) is 0 Å². The summed E-state index contributed by atoms with van der Waals surface area (Å²) in [5.41, 5.74) is 6.25. The Labute approximate surface area is 182 Å². The lowest BCUT2D eigenvalue weighted by molar-refractivity contribution is -0.138. The predicted octanol–water partition coefficient (Wildman–Crippen LogP) is 4.78. The number of hydrogen-bond acceptors (Lipinski definition) is 7. The summed E-state index contributed by atoms with van der Waals surface area (Å²) in [7, 11) is 0. The maximum Gasteiger partial charge on any atom is 0.303 e. The van der Waals surface area contributed by atoms with Gasteiger partial charge >= 0.3 is 5.97 Å². The molecule has 7 nitrogen and oxygen atoms in total. The first kappa shape index (κ1) is 21.5. The summed E-state index contributed by atoms with van der Waals surface area (Å²) < 4.78 is 0. The molecule has 0 aliphatic heterocycles. The number of amides is 1. The molecule has 0 atom stereocenters. The Bertz CT molecular complexity index is 1030. The van der Waals surface area contributed by atoms with E-state index in [-0.39, 0.29) is 18.7 Å². The minimum absolute atomic E-state index is 0.0551. The molecule has 9 heteroatoms. The number of anilines is 2. The molecule has 0 aliphatic carbocycles. The van der Waals surface area contributed by atoms with E-state index in [9.17, 15) is 9.59 Å². The smallest absolute Gasteiger partial charge is 0.303 e. The minimum Gasteiger partial charge on any atom is -0.481 e. The normalized spacial score (nSPS) is 10.8. The van der Waals surface area contributed by atoms with Crippen molar-refractivity contribution in [1.29, 1.82) is 0 Å². The highest BCUT2D eigenvalue weighted by molar-refractivity contribution is 7.98. The van der Waals surface area contributed by atoms with Crippen LogP contribution in [0.4, 0.5) is 10.8 Å². The van der Waals surface area contributed by atoms with Crippen molar-refractivity contribution in [3.63, 3.8) is 0 Å². The molecule has 3 rings (SSSR count). The zero-order valence-corrected chi connectivity index (χ0v) is 17.8. The fraction of sp³-hybridized carbons (Fsp3) is 0.143. The van der Waals surface area contributed by atoms with Crippen LogP contribution in [0.15, 0.2) is 63.9 Å². The van der Waals surface area contributed by atoms with Crippen LogP contribution in [-0.2, 0) is 9.59 Å². The van der Waals surface area contributed by atoms with Gasteiger partial charge in [-0.05, 0) is 36.1 Å². The number of hydrazone groups is 1. The highest BCUT2D eigenvalue weighted by Gasteiger charge is 2.07. The first-order valence-electron chi connectivity index (χ1n) is 9.04. The van der Waals surface area contributed by atoms with Crippen LogP contribution in [-0.4, -0.2) is 34.4 Å². The number of thioether (sulfide) groups is 1. The molecule has 0 spiro atoms. The minimum atomic E-state index is -0.994. The Kier molecular flexibility index (Phi) is 7.58. The molecule has 1 amide bonds. The van der Waals surface area contributed by atoms with Crippen molar-refractivity contribution in [1.82, 2.24) is 4.98 Å². The van der Waals surface area contributed by atoms with Crippen molar-refractivity contribution in [3.05, 3.63) is 59.5 Å². The predicted molar refractivity (Wildman–Crippen MR) is 122 cm³/mol. The van der Waals surface area contributed by atoms with Crippen LogP contribution >= 0.6 is 23.1 Å². The molecule has 0 bridgehead atoms. The lowest BCUT2D eigenvalue weighted by atomic mass is 10.1. The van der Waals surface area contributed by atoms with Gasteiger partial charge in [0.2, 0.25) is 11.0 Å². The van der Waals surface area contributed by atoms with E-state index in [4.69, 9.17) is 5.11 Å². The van der Waals surface area contributed by atoms with E-state index in [2.05, 4.69) is 20.8 Å². The third-order valence-electron chi connectivity index (χ3n) is 4.02. The quantitative estimate of drug-likeness (QED) is 0.251. The van der Waals surface area contributed by atoms with Gasteiger partial charge in [-0.1, -0.05) is 24.3 Å². The second kappa shape index (κ2) is 10.6. The molecule has 0 unspecified atom stereocenters. The highest BCUT2D eigenvalue weighted by atomic mass is 32.2. The number of rotatable bonds is 9. The summed E-state index contributed by atoms with van der Waals surface area (Å²) in [5, 5.41) is 18.1. The number of nitrogens with zero attached hydrogens (tertiary/aromatic N) is 2. The number of carboxylic acids is 1. The molecule has 0 saturated heterocycles. The Morgan fingerprint density at radius 3 is 2.53 bits per heavy atom. The zero-order chi connectivity index (χ0) is 21.3. The highest BCUT2D eigenvalue weighted by Crippen LogP contribution is 2.26. The maximum absolute atomic E-state index is 11.7. The van der Waals surface area contributed by atoms with Crippen molar-refractivity contribution < 1.29 is 14.7 Å². The Balaban J connectivity index is 1.55. The van der Waals surface area contributed by atoms with Crippen molar-refractivity contribution in [3.8, 4) is 11.3 Å². The van der Waals surface area contributed by atoms with E-state index in [1.54, 1.807) is 30.1 Å². The van der Waals surface area contributed by atoms with E-state index in [0.29, 0.717) is 10.8 Å². The van der Waals surface area contributed by atoms with Crippen molar-refractivity contribution in [2.45, 2.75) is 17.7 Å². The fourth-order valence-corrected chi connectivity index (χ4v) is 3.55. The van der Waals surface area contributed by atoms with Gasteiger partial charge in [-0.3, -0.25) is 15.0 Å². The summed E-state index contributed by atoms with van der Waals surface area (Å²) in [4.78, 5) is 27.9. The summed E-state index contributed by atoms with van der Waals surface area (Å²) in [6.07, 6.45) is 3.54. The lowest BCUT2D eigenvalue weighted by Gasteiger charge is -2.05. The van der Waals surface area contributed by atoms with Crippen molar-refractivity contribution in [2.75, 3.05) is 17.0 Å². The van der Waals surface area contributed by atoms with E-state index in [1.807, 2.05) is 48.0 Å². The lowest BCUT2D eigenvalue weighted by Crippen LogP contribution is -2.13. The second-order valence-electron chi connectivity index (χ2n) is 6.20. The average molecular weight is 441 g/mol. The van der Waals surface area contributed by atoms with E-state index >= 15 is 0 Å². The van der Waals surface area contributed by atoms with Crippen molar-refractivity contribution in [2.24, 2.45) is 5.10 Å². The van der Waals surface area contributed by atoms with Crippen LogP contribution in [0.3, 0.4) is 0 Å². The van der Waals surface area contributed by atoms with Gasteiger partial charge in [0, 0.05) is 27.9 Å². The number of hydrogen-bond donors (Lipinski definition) is 3. The molecule has 0 radical (unpaired) electrons. The van der Waals surface area contributed by atoms with Crippen LogP contribution in [0.25, 0.3) is 11.3 Å². The summed E-state index contributed by atoms with van der Waals surface area (Å²) in [6, 6.07) is 15.3. The average Bonchev–Trinajstić information content (AvgIpc) is 3.22. The number of nitrogens with one attached hydrogen (secondary N) is 2. The van der Waals surface area contributed by atoms with Gasteiger partial charge in [0.05, 0.1) is 18.3 Å². The number of carbonyl (C=O) groups is 2. The Hall–Kier alpha value is -3.17. The summed E-state index contributed by atoms with van der Waals surface area (Å²) >= 11 is 3.14. The SMILES string of the molecule is CSc1ccc(/C=N\Nc2nc(-c3ccc(NC(=O)CCC(=O)O)cc3)cs2)cc1. The van der Waals surface area contributed by atoms with Crippen LogP contribution in [0.2, 0.25) is 0 Å². The van der Waals surface area contributed by atoms with E-state index in [1.165, 1.54) is 16.2 Å². The van der Waals surface area contributed by atoms with E-state index in [0.717, 1.165) is 16.8 Å². The van der Waals surface area contributed by atoms with Gasteiger partial charge in [0.25, 0.3) is 0 Å². The largest absolute Gasteiger partial charge is 0.481 e. The number of carbonyl (C=O) groups excluding carboxylic acids is 1. The molecule has 3 aromatic rings. The number of carboxylic acid groups (broad SMARTS) is 1. The molecule has 0 saturated carbocycles. The second-order valence-corrected chi connectivity index (χ2v) is 7.94. The molecule has 154 valence electrons.